The van der Waals surface area contributed by atoms with E-state index >= 15 is 0 Å². The van der Waals surface area contributed by atoms with Gasteiger partial charge >= 0.3 is 0 Å². The summed E-state index contributed by atoms with van der Waals surface area (Å²) in [6.07, 6.45) is 12.1. The Balaban J connectivity index is 1.20. The summed E-state index contributed by atoms with van der Waals surface area (Å²) in [6.45, 7) is 2.07. The van der Waals surface area contributed by atoms with Gasteiger partial charge in [0.2, 0.25) is 0 Å². The van der Waals surface area contributed by atoms with Gasteiger partial charge in [-0.05, 0) is 102 Å². The highest BCUT2D eigenvalue weighted by Crippen LogP contribution is 2.60. The van der Waals surface area contributed by atoms with Crippen molar-refractivity contribution in [1.29, 1.82) is 0 Å². The molecule has 2 aliphatic rings. The van der Waals surface area contributed by atoms with Crippen LogP contribution in [0.5, 0.6) is 0 Å². The van der Waals surface area contributed by atoms with E-state index in [9.17, 15) is 0 Å². The van der Waals surface area contributed by atoms with E-state index in [0.717, 1.165) is 6.42 Å². The molecule has 0 saturated heterocycles. The van der Waals surface area contributed by atoms with Gasteiger partial charge in [-0.3, -0.25) is 0 Å². The average Bonchev–Trinajstić information content (AvgIpc) is 3.61. The summed E-state index contributed by atoms with van der Waals surface area (Å²) >= 11 is 0. The lowest BCUT2D eigenvalue weighted by Gasteiger charge is -2.29. The number of allylic oxidation sites excluding steroid dienone is 6. The van der Waals surface area contributed by atoms with E-state index < -0.39 is 0 Å². The van der Waals surface area contributed by atoms with Gasteiger partial charge in [0.15, 0.2) is 0 Å². The second-order valence-corrected chi connectivity index (χ2v) is 12.8. The topological polar surface area (TPSA) is 0 Å². The van der Waals surface area contributed by atoms with Crippen molar-refractivity contribution in [3.63, 3.8) is 0 Å². The molecule has 0 bridgehead atoms. The van der Waals surface area contributed by atoms with Crippen LogP contribution in [0.15, 0.2) is 176 Å². The number of rotatable bonds is 5. The summed E-state index contributed by atoms with van der Waals surface area (Å²) < 4.78 is 0. The minimum Gasteiger partial charge on any atom is -0.0877 e. The van der Waals surface area contributed by atoms with Gasteiger partial charge in [-0.15, -0.1) is 0 Å². The van der Waals surface area contributed by atoms with E-state index in [0.29, 0.717) is 0 Å². The summed E-state index contributed by atoms with van der Waals surface area (Å²) in [5.74, 6) is 0. The fourth-order valence-electron chi connectivity index (χ4n) is 8.13. The molecule has 47 heavy (non-hydrogen) atoms. The molecule has 7 aromatic rings. The maximum Gasteiger partial charge on any atom is 0.0665 e. The number of fused-ring (bicyclic) bond motifs is 10. The van der Waals surface area contributed by atoms with Crippen molar-refractivity contribution in [2.24, 2.45) is 0 Å². The molecule has 222 valence electrons. The summed E-state index contributed by atoms with van der Waals surface area (Å²) in [6, 6.07) is 54.2. The van der Waals surface area contributed by atoms with Crippen LogP contribution >= 0.6 is 0 Å². The monoisotopic (exact) mass is 598 g/mol. The van der Waals surface area contributed by atoms with Gasteiger partial charge < -0.3 is 0 Å². The summed E-state index contributed by atoms with van der Waals surface area (Å²) in [5.41, 5.74) is 14.2. The zero-order valence-electron chi connectivity index (χ0n) is 26.5. The molecule has 0 saturated carbocycles. The molecular formula is C47H34. The lowest BCUT2D eigenvalue weighted by molar-refractivity contribution is 0.830. The van der Waals surface area contributed by atoms with Crippen molar-refractivity contribution in [2.75, 3.05) is 0 Å². The van der Waals surface area contributed by atoms with Crippen molar-refractivity contribution < 1.29 is 0 Å². The zero-order chi connectivity index (χ0) is 31.4. The second kappa shape index (κ2) is 11.0. The highest BCUT2D eigenvalue weighted by molar-refractivity contribution is 6.03. The maximum atomic E-state index is 2.53. The van der Waals surface area contributed by atoms with Crippen LogP contribution in [0.1, 0.15) is 40.3 Å². The number of benzene rings is 7. The highest BCUT2D eigenvalue weighted by Gasteiger charge is 2.48. The Hall–Kier alpha value is -5.72. The molecule has 1 spiro atoms. The SMILES string of the molecule is C/C=C\C=C/C1=CC2(c3cc(-c4ccc(Cc5cccc6ccccc56)cc4)ccc31)c1ccccc1-c1ccc3ccccc3c12. The van der Waals surface area contributed by atoms with E-state index in [-0.39, 0.29) is 5.41 Å². The molecule has 1 unspecified atom stereocenters. The van der Waals surface area contributed by atoms with Crippen molar-refractivity contribution >= 4 is 27.1 Å². The summed E-state index contributed by atoms with van der Waals surface area (Å²) in [4.78, 5) is 0. The van der Waals surface area contributed by atoms with Gasteiger partial charge in [-0.1, -0.05) is 170 Å². The Bertz CT molecular complexity index is 2430. The molecule has 1 atom stereocenters. The van der Waals surface area contributed by atoms with Gasteiger partial charge in [-0.25, -0.2) is 0 Å². The maximum absolute atomic E-state index is 2.53. The first kappa shape index (κ1) is 27.6. The van der Waals surface area contributed by atoms with Gasteiger partial charge in [0.25, 0.3) is 0 Å². The smallest absolute Gasteiger partial charge is 0.0665 e. The average molecular weight is 599 g/mol. The molecule has 2 aliphatic carbocycles. The van der Waals surface area contributed by atoms with E-state index in [2.05, 4.69) is 183 Å². The highest BCUT2D eigenvalue weighted by atomic mass is 14.5. The minimum absolute atomic E-state index is 0.373. The first-order valence-corrected chi connectivity index (χ1v) is 16.6. The van der Waals surface area contributed by atoms with Crippen LogP contribution in [-0.2, 0) is 11.8 Å². The molecule has 7 aromatic carbocycles. The molecule has 0 fully saturated rings. The Kier molecular flexibility index (Phi) is 6.44. The van der Waals surface area contributed by atoms with Gasteiger partial charge in [0.05, 0.1) is 5.41 Å². The van der Waals surface area contributed by atoms with Crippen LogP contribution in [-0.4, -0.2) is 0 Å². The predicted octanol–water partition coefficient (Wildman–Crippen LogP) is 12.1. The number of hydrogen-bond acceptors (Lipinski definition) is 0. The molecule has 9 rings (SSSR count). The van der Waals surface area contributed by atoms with E-state index in [1.165, 1.54) is 82.8 Å². The second-order valence-electron chi connectivity index (χ2n) is 12.8. The molecule has 0 nitrogen and oxygen atoms in total. The predicted molar refractivity (Wildman–Crippen MR) is 200 cm³/mol. The Morgan fingerprint density at radius 1 is 0.532 bits per heavy atom. The van der Waals surface area contributed by atoms with Crippen LogP contribution in [0.4, 0.5) is 0 Å². The Morgan fingerprint density at radius 3 is 2.09 bits per heavy atom. The van der Waals surface area contributed by atoms with Gasteiger partial charge in [-0.2, -0.15) is 0 Å². The van der Waals surface area contributed by atoms with E-state index in [1.54, 1.807) is 0 Å². The van der Waals surface area contributed by atoms with E-state index in [1.807, 2.05) is 0 Å². The summed E-state index contributed by atoms with van der Waals surface area (Å²) in [5, 5.41) is 5.24. The van der Waals surface area contributed by atoms with Crippen molar-refractivity contribution in [3.05, 3.63) is 209 Å². The largest absolute Gasteiger partial charge is 0.0877 e. The molecule has 0 amide bonds. The van der Waals surface area contributed by atoms with Gasteiger partial charge in [0.1, 0.15) is 0 Å². The molecule has 0 radical (unpaired) electrons. The molecular weight excluding hydrogens is 565 g/mol. The molecule has 0 heterocycles. The van der Waals surface area contributed by atoms with Gasteiger partial charge in [0, 0.05) is 0 Å². The van der Waals surface area contributed by atoms with Crippen molar-refractivity contribution in [2.45, 2.75) is 18.8 Å². The first-order valence-electron chi connectivity index (χ1n) is 16.6. The quantitative estimate of drug-likeness (QED) is 0.173. The molecule has 0 aliphatic heterocycles. The Morgan fingerprint density at radius 2 is 1.23 bits per heavy atom. The van der Waals surface area contributed by atoms with Crippen LogP contribution in [0, 0.1) is 0 Å². The lowest BCUT2D eigenvalue weighted by Crippen LogP contribution is -2.22. The third-order valence-electron chi connectivity index (χ3n) is 10.2. The van der Waals surface area contributed by atoms with Crippen molar-refractivity contribution in [1.82, 2.24) is 0 Å². The van der Waals surface area contributed by atoms with Crippen LogP contribution in [0.2, 0.25) is 0 Å². The van der Waals surface area contributed by atoms with Crippen LogP contribution < -0.4 is 0 Å². The minimum atomic E-state index is -0.373. The molecule has 0 heteroatoms. The normalized spacial score (nSPS) is 16.3. The first-order chi connectivity index (χ1) is 23.2. The lowest BCUT2D eigenvalue weighted by atomic mass is 9.72. The fourth-order valence-corrected chi connectivity index (χ4v) is 8.13. The fraction of sp³-hybridized carbons (Fsp3) is 0.0638. The van der Waals surface area contributed by atoms with Crippen molar-refractivity contribution in [3.8, 4) is 22.3 Å². The summed E-state index contributed by atoms with van der Waals surface area (Å²) in [7, 11) is 0. The standard InChI is InChI=1S/C47H34/c1-2-3-4-14-38-31-47(44-20-10-9-19-42(44)43-28-25-35-13-6-8-18-41(35)46(43)47)45-30-36(26-27-40(38)45)33-23-21-32(22-24-33)29-37-16-11-15-34-12-5-7-17-39(34)37/h2-28,30-31H,29H2,1H3/b3-2-,14-4-. The van der Waals surface area contributed by atoms with Crippen LogP contribution in [0.25, 0.3) is 49.4 Å². The van der Waals surface area contributed by atoms with E-state index in [4.69, 9.17) is 0 Å². The van der Waals surface area contributed by atoms with Crippen LogP contribution in [0.3, 0.4) is 0 Å². The zero-order valence-corrected chi connectivity index (χ0v) is 26.5. The number of hydrogen-bond donors (Lipinski definition) is 0. The third kappa shape index (κ3) is 4.29. The molecule has 0 N–H and O–H groups in total. The molecule has 0 aromatic heterocycles. The third-order valence-corrected chi connectivity index (χ3v) is 10.2. The Labute approximate surface area is 276 Å².